The van der Waals surface area contributed by atoms with Gasteiger partial charge in [-0.2, -0.15) is 0 Å². The molecule has 114 valence electrons. The van der Waals surface area contributed by atoms with E-state index in [4.69, 9.17) is 16.3 Å². The summed E-state index contributed by atoms with van der Waals surface area (Å²) in [4.78, 5) is 11.8. The van der Waals surface area contributed by atoms with E-state index in [1.54, 1.807) is 37.6 Å². The molecule has 0 aromatic heterocycles. The van der Waals surface area contributed by atoms with Crippen molar-refractivity contribution in [2.24, 2.45) is 0 Å². The van der Waals surface area contributed by atoms with Gasteiger partial charge in [-0.05, 0) is 48.4 Å². The first-order valence-corrected chi connectivity index (χ1v) is 7.11. The third kappa shape index (κ3) is 4.27. The molecule has 0 aliphatic rings. The highest BCUT2D eigenvalue weighted by Gasteiger charge is 2.04. The van der Waals surface area contributed by atoms with E-state index in [-0.39, 0.29) is 6.03 Å². The normalized spacial score (nSPS) is 10.5. The van der Waals surface area contributed by atoms with E-state index in [0.29, 0.717) is 10.7 Å². The summed E-state index contributed by atoms with van der Waals surface area (Å²) in [7, 11) is 1.62. The third-order valence-corrected chi connectivity index (χ3v) is 3.53. The van der Waals surface area contributed by atoms with E-state index in [9.17, 15) is 4.79 Å². The second-order valence-corrected chi connectivity index (χ2v) is 5.02. The van der Waals surface area contributed by atoms with Crippen LogP contribution < -0.4 is 15.4 Å². The number of carbonyl (C=O) groups excluding carboxylic acids is 1. The minimum absolute atomic E-state index is 0.324. The van der Waals surface area contributed by atoms with Crippen molar-refractivity contribution in [1.82, 2.24) is 5.32 Å². The first-order chi connectivity index (χ1) is 10.6. The maximum absolute atomic E-state index is 11.8. The van der Waals surface area contributed by atoms with E-state index in [1.807, 2.05) is 31.2 Å². The molecule has 4 nitrogen and oxygen atoms in total. The molecule has 2 aromatic carbocycles. The molecule has 0 radical (unpaired) electrons. The number of methoxy groups -OCH3 is 1. The summed E-state index contributed by atoms with van der Waals surface area (Å²) in [5.74, 6) is 0.791. The Labute approximate surface area is 134 Å². The summed E-state index contributed by atoms with van der Waals surface area (Å²) in [6.07, 6.45) is 3.38. The van der Waals surface area contributed by atoms with E-state index in [1.165, 1.54) is 0 Å². The molecule has 0 fully saturated rings. The van der Waals surface area contributed by atoms with Gasteiger partial charge in [-0.3, -0.25) is 0 Å². The van der Waals surface area contributed by atoms with Crippen LogP contribution in [0.2, 0.25) is 5.02 Å². The average molecular weight is 317 g/mol. The largest absolute Gasteiger partial charge is 0.497 e. The topological polar surface area (TPSA) is 50.4 Å². The van der Waals surface area contributed by atoms with Crippen LogP contribution >= 0.6 is 11.6 Å². The summed E-state index contributed by atoms with van der Waals surface area (Å²) in [5, 5.41) is 6.02. The Bertz CT molecular complexity index is 682. The zero-order valence-corrected chi connectivity index (χ0v) is 13.1. The smallest absolute Gasteiger partial charge is 0.323 e. The standard InChI is InChI=1S/C17H17ClN2O2/c1-12-15(18)4-3-5-16(12)20-17(21)19-11-10-13-6-8-14(22-2)9-7-13/h3-11H,1-2H3,(H2,19,20,21)/b11-10+. The number of hydrogen-bond donors (Lipinski definition) is 2. The number of amides is 2. The Balaban J connectivity index is 1.91. The van der Waals surface area contributed by atoms with Crippen LogP contribution in [0.25, 0.3) is 6.08 Å². The minimum atomic E-state index is -0.324. The van der Waals surface area contributed by atoms with Gasteiger partial charge in [-0.15, -0.1) is 0 Å². The van der Waals surface area contributed by atoms with Gasteiger partial charge in [-0.1, -0.05) is 29.8 Å². The average Bonchev–Trinajstić information content (AvgIpc) is 2.52. The van der Waals surface area contributed by atoms with E-state index in [2.05, 4.69) is 10.6 Å². The fourth-order valence-corrected chi connectivity index (χ4v) is 2.00. The molecule has 0 saturated carbocycles. The van der Waals surface area contributed by atoms with Gasteiger partial charge in [0, 0.05) is 16.9 Å². The van der Waals surface area contributed by atoms with Crippen LogP contribution in [0.3, 0.4) is 0 Å². The van der Waals surface area contributed by atoms with E-state index < -0.39 is 0 Å². The van der Waals surface area contributed by atoms with E-state index in [0.717, 1.165) is 16.9 Å². The monoisotopic (exact) mass is 316 g/mol. The van der Waals surface area contributed by atoms with Crippen LogP contribution in [0.4, 0.5) is 10.5 Å². The molecule has 2 amide bonds. The summed E-state index contributed by atoms with van der Waals surface area (Å²) in [6, 6.07) is 12.6. The summed E-state index contributed by atoms with van der Waals surface area (Å²) >= 11 is 6.01. The van der Waals surface area contributed by atoms with Crippen molar-refractivity contribution in [3.63, 3.8) is 0 Å². The summed E-state index contributed by atoms with van der Waals surface area (Å²) in [5.41, 5.74) is 2.47. The number of rotatable bonds is 4. The summed E-state index contributed by atoms with van der Waals surface area (Å²) in [6.45, 7) is 1.85. The summed E-state index contributed by atoms with van der Waals surface area (Å²) < 4.78 is 5.08. The van der Waals surface area contributed by atoms with Crippen LogP contribution in [-0.2, 0) is 0 Å². The van der Waals surface area contributed by atoms with Gasteiger partial charge < -0.3 is 15.4 Å². The van der Waals surface area contributed by atoms with Crippen LogP contribution in [0, 0.1) is 6.92 Å². The number of hydrogen-bond acceptors (Lipinski definition) is 2. The molecule has 0 aliphatic heterocycles. The van der Waals surface area contributed by atoms with Crippen molar-refractivity contribution in [2.45, 2.75) is 6.92 Å². The van der Waals surface area contributed by atoms with E-state index >= 15 is 0 Å². The highest BCUT2D eigenvalue weighted by atomic mass is 35.5. The molecule has 2 aromatic rings. The maximum atomic E-state index is 11.8. The molecule has 5 heteroatoms. The van der Waals surface area contributed by atoms with Crippen molar-refractivity contribution in [1.29, 1.82) is 0 Å². The van der Waals surface area contributed by atoms with Gasteiger partial charge in [0.25, 0.3) is 0 Å². The second kappa shape index (κ2) is 7.52. The number of nitrogens with one attached hydrogen (secondary N) is 2. The first-order valence-electron chi connectivity index (χ1n) is 6.73. The van der Waals surface area contributed by atoms with Crippen molar-refractivity contribution in [2.75, 3.05) is 12.4 Å². The lowest BCUT2D eigenvalue weighted by Crippen LogP contribution is -2.24. The lowest BCUT2D eigenvalue weighted by Gasteiger charge is -2.08. The number of carbonyl (C=O) groups is 1. The van der Waals surface area contributed by atoms with Crippen LogP contribution in [0.5, 0.6) is 5.75 Å². The molecule has 0 saturated heterocycles. The van der Waals surface area contributed by atoms with Gasteiger partial charge in [-0.25, -0.2) is 4.79 Å². The molecular weight excluding hydrogens is 300 g/mol. The Morgan fingerprint density at radius 1 is 1.18 bits per heavy atom. The number of urea groups is 1. The Hall–Kier alpha value is -2.46. The van der Waals surface area contributed by atoms with Crippen LogP contribution in [-0.4, -0.2) is 13.1 Å². The molecule has 0 atom stereocenters. The van der Waals surface area contributed by atoms with Gasteiger partial charge in [0.05, 0.1) is 7.11 Å². The van der Waals surface area contributed by atoms with Gasteiger partial charge in [0.2, 0.25) is 0 Å². The maximum Gasteiger partial charge on any atom is 0.323 e. The van der Waals surface area contributed by atoms with Crippen molar-refractivity contribution < 1.29 is 9.53 Å². The molecule has 0 bridgehead atoms. The predicted octanol–water partition coefficient (Wildman–Crippen LogP) is 4.45. The molecule has 2 rings (SSSR count). The fraction of sp³-hybridized carbons (Fsp3) is 0.118. The van der Waals surface area contributed by atoms with Crippen molar-refractivity contribution >= 4 is 29.4 Å². The highest BCUT2D eigenvalue weighted by Crippen LogP contribution is 2.22. The minimum Gasteiger partial charge on any atom is -0.497 e. The van der Waals surface area contributed by atoms with Gasteiger partial charge in [0.1, 0.15) is 5.75 Å². The molecule has 2 N–H and O–H groups in total. The predicted molar refractivity (Wildman–Crippen MR) is 90.4 cm³/mol. The zero-order valence-electron chi connectivity index (χ0n) is 12.4. The SMILES string of the molecule is COc1ccc(/C=C/NC(=O)Nc2cccc(Cl)c2C)cc1. The molecule has 22 heavy (non-hydrogen) atoms. The molecule has 0 aliphatic carbocycles. The van der Waals surface area contributed by atoms with Gasteiger partial charge in [0.15, 0.2) is 0 Å². The highest BCUT2D eigenvalue weighted by molar-refractivity contribution is 6.31. The Morgan fingerprint density at radius 3 is 2.59 bits per heavy atom. The quantitative estimate of drug-likeness (QED) is 0.875. The second-order valence-electron chi connectivity index (χ2n) is 4.62. The zero-order chi connectivity index (χ0) is 15.9. The molecule has 0 spiro atoms. The van der Waals surface area contributed by atoms with Crippen LogP contribution in [0.1, 0.15) is 11.1 Å². The lowest BCUT2D eigenvalue weighted by molar-refractivity contribution is 0.255. The van der Waals surface area contributed by atoms with Crippen molar-refractivity contribution in [3.05, 3.63) is 64.8 Å². The lowest BCUT2D eigenvalue weighted by atomic mass is 10.2. The molecule has 0 heterocycles. The van der Waals surface area contributed by atoms with Crippen molar-refractivity contribution in [3.8, 4) is 5.75 Å². The van der Waals surface area contributed by atoms with Crippen LogP contribution in [0.15, 0.2) is 48.7 Å². The fourth-order valence-electron chi connectivity index (χ4n) is 1.83. The third-order valence-electron chi connectivity index (χ3n) is 3.12. The number of halogens is 1. The number of benzene rings is 2. The van der Waals surface area contributed by atoms with Gasteiger partial charge >= 0.3 is 6.03 Å². The number of anilines is 1. The Kier molecular flexibility index (Phi) is 5.44. The molecular formula is C17H17ClN2O2. The number of ether oxygens (including phenoxy) is 1. The molecule has 0 unspecified atom stereocenters. The Morgan fingerprint density at radius 2 is 1.91 bits per heavy atom. The first kappa shape index (κ1) is 15.9.